The highest BCUT2D eigenvalue weighted by atomic mass is 35.5. The molecular formula is C14H13ClFNO3S. The lowest BCUT2D eigenvalue weighted by Crippen LogP contribution is -2.23. The van der Waals surface area contributed by atoms with Gasteiger partial charge in [0.05, 0.1) is 11.5 Å². The molecule has 112 valence electrons. The molecule has 0 radical (unpaired) electrons. The van der Waals surface area contributed by atoms with Crippen molar-refractivity contribution in [2.45, 2.75) is 18.0 Å². The molecule has 0 heterocycles. The lowest BCUT2D eigenvalue weighted by molar-refractivity contribution is 0.281. The third-order valence-electron chi connectivity index (χ3n) is 2.85. The summed E-state index contributed by atoms with van der Waals surface area (Å²) in [6.45, 7) is -0.386. The second-order valence-electron chi connectivity index (χ2n) is 4.37. The van der Waals surface area contributed by atoms with E-state index < -0.39 is 15.8 Å². The lowest BCUT2D eigenvalue weighted by Gasteiger charge is -2.09. The van der Waals surface area contributed by atoms with Gasteiger partial charge in [-0.15, -0.1) is 0 Å². The van der Waals surface area contributed by atoms with Crippen molar-refractivity contribution in [2.24, 2.45) is 0 Å². The van der Waals surface area contributed by atoms with Gasteiger partial charge in [-0.3, -0.25) is 0 Å². The lowest BCUT2D eigenvalue weighted by atomic mass is 10.2. The maximum atomic E-state index is 13.0. The zero-order valence-corrected chi connectivity index (χ0v) is 12.5. The van der Waals surface area contributed by atoms with Crippen molar-refractivity contribution in [3.05, 3.63) is 64.4 Å². The molecule has 7 heteroatoms. The molecule has 2 N–H and O–H groups in total. The summed E-state index contributed by atoms with van der Waals surface area (Å²) in [5, 5.41) is 9.40. The Morgan fingerprint density at radius 3 is 2.62 bits per heavy atom. The van der Waals surface area contributed by atoms with E-state index >= 15 is 0 Å². The standard InChI is InChI=1S/C14H13ClFNO3S/c15-14-5-4-13(7-11(14)9-18)21(19,20)17-8-10-2-1-3-12(16)6-10/h1-7,17-18H,8-9H2. The van der Waals surface area contributed by atoms with Gasteiger partial charge in [0.25, 0.3) is 0 Å². The Labute approximate surface area is 127 Å². The summed E-state index contributed by atoms with van der Waals surface area (Å²) in [4.78, 5) is -0.00708. The molecule has 0 saturated heterocycles. The highest BCUT2D eigenvalue weighted by Crippen LogP contribution is 2.20. The molecule has 4 nitrogen and oxygen atoms in total. The molecule has 0 bridgehead atoms. The Kier molecular flexibility index (Phi) is 4.95. The molecule has 0 aliphatic heterocycles. The first kappa shape index (κ1) is 15.9. The Morgan fingerprint density at radius 1 is 1.19 bits per heavy atom. The molecule has 2 rings (SSSR count). The number of sulfonamides is 1. The predicted octanol–water partition coefficient (Wildman–Crippen LogP) is 2.45. The maximum Gasteiger partial charge on any atom is 0.240 e. The van der Waals surface area contributed by atoms with Gasteiger partial charge in [-0.25, -0.2) is 17.5 Å². The van der Waals surface area contributed by atoms with Crippen LogP contribution in [0.25, 0.3) is 0 Å². The van der Waals surface area contributed by atoms with Gasteiger partial charge in [0.15, 0.2) is 0 Å². The highest BCUT2D eigenvalue weighted by Gasteiger charge is 2.15. The summed E-state index contributed by atoms with van der Waals surface area (Å²) < 4.78 is 39.7. The number of aliphatic hydroxyl groups excluding tert-OH is 1. The summed E-state index contributed by atoms with van der Waals surface area (Å²) in [6, 6.07) is 9.71. The molecule has 0 saturated carbocycles. The molecule has 0 aliphatic rings. The number of rotatable bonds is 5. The minimum atomic E-state index is -3.76. The van der Waals surface area contributed by atoms with E-state index in [9.17, 15) is 12.8 Å². The zero-order valence-electron chi connectivity index (χ0n) is 10.9. The Bertz CT molecular complexity index is 750. The molecule has 0 aromatic heterocycles. The van der Waals surface area contributed by atoms with Crippen LogP contribution in [-0.2, 0) is 23.2 Å². The largest absolute Gasteiger partial charge is 0.392 e. The summed E-state index contributed by atoms with van der Waals surface area (Å²) in [6.07, 6.45) is 0. The third kappa shape index (κ3) is 4.01. The number of hydrogen-bond acceptors (Lipinski definition) is 3. The van der Waals surface area contributed by atoms with Crippen molar-refractivity contribution in [3.63, 3.8) is 0 Å². The van der Waals surface area contributed by atoms with E-state index in [1.54, 1.807) is 6.07 Å². The van der Waals surface area contributed by atoms with Crippen LogP contribution in [0.1, 0.15) is 11.1 Å². The number of nitrogens with one attached hydrogen (secondary N) is 1. The minimum Gasteiger partial charge on any atom is -0.392 e. The van der Waals surface area contributed by atoms with Crippen molar-refractivity contribution in [1.29, 1.82) is 0 Å². The fourth-order valence-electron chi connectivity index (χ4n) is 1.75. The molecule has 0 aliphatic carbocycles. The summed E-state index contributed by atoms with van der Waals surface area (Å²) in [5.41, 5.74) is 0.834. The van der Waals surface area contributed by atoms with Crippen LogP contribution >= 0.6 is 11.6 Å². The van der Waals surface area contributed by atoms with Gasteiger partial charge in [-0.2, -0.15) is 0 Å². The fourth-order valence-corrected chi connectivity index (χ4v) is 2.99. The number of benzene rings is 2. The normalized spacial score (nSPS) is 11.6. The second-order valence-corrected chi connectivity index (χ2v) is 6.54. The molecule has 2 aromatic carbocycles. The van der Waals surface area contributed by atoms with Crippen LogP contribution in [0, 0.1) is 5.82 Å². The summed E-state index contributed by atoms with van der Waals surface area (Å²) in [7, 11) is -3.76. The van der Waals surface area contributed by atoms with Crippen molar-refractivity contribution in [2.75, 3.05) is 0 Å². The average Bonchev–Trinajstić information content (AvgIpc) is 2.46. The van der Waals surface area contributed by atoms with Gasteiger partial charge in [0.1, 0.15) is 5.82 Å². The highest BCUT2D eigenvalue weighted by molar-refractivity contribution is 7.89. The Balaban J connectivity index is 2.18. The monoisotopic (exact) mass is 329 g/mol. The first-order chi connectivity index (χ1) is 9.92. The number of hydrogen-bond donors (Lipinski definition) is 2. The summed E-state index contributed by atoms with van der Waals surface area (Å²) in [5.74, 6) is -0.430. The van der Waals surface area contributed by atoms with E-state index in [-0.39, 0.29) is 18.0 Å². The van der Waals surface area contributed by atoms with Crippen molar-refractivity contribution < 1.29 is 17.9 Å². The van der Waals surface area contributed by atoms with Crippen LogP contribution in [0.15, 0.2) is 47.4 Å². The third-order valence-corrected chi connectivity index (χ3v) is 4.62. The van der Waals surface area contributed by atoms with E-state index in [1.807, 2.05) is 0 Å². The maximum absolute atomic E-state index is 13.0. The topological polar surface area (TPSA) is 66.4 Å². The van der Waals surface area contributed by atoms with Gasteiger partial charge in [-0.1, -0.05) is 23.7 Å². The average molecular weight is 330 g/mol. The van der Waals surface area contributed by atoms with Gasteiger partial charge in [0.2, 0.25) is 10.0 Å². The van der Waals surface area contributed by atoms with Gasteiger partial charge in [-0.05, 0) is 41.5 Å². The SMILES string of the molecule is O=S(=O)(NCc1cccc(F)c1)c1ccc(Cl)c(CO)c1. The van der Waals surface area contributed by atoms with Crippen LogP contribution in [0.3, 0.4) is 0 Å². The quantitative estimate of drug-likeness (QED) is 0.885. The van der Waals surface area contributed by atoms with Crippen LogP contribution in [-0.4, -0.2) is 13.5 Å². The Hall–Kier alpha value is -1.47. The number of aliphatic hydroxyl groups is 1. The van der Waals surface area contributed by atoms with Gasteiger partial charge >= 0.3 is 0 Å². The van der Waals surface area contributed by atoms with E-state index in [1.165, 1.54) is 36.4 Å². The van der Waals surface area contributed by atoms with E-state index in [2.05, 4.69) is 4.72 Å². The van der Waals surface area contributed by atoms with Crippen LogP contribution < -0.4 is 4.72 Å². The predicted molar refractivity (Wildman–Crippen MR) is 77.8 cm³/mol. The van der Waals surface area contributed by atoms with Gasteiger partial charge in [0, 0.05) is 11.6 Å². The van der Waals surface area contributed by atoms with Gasteiger partial charge < -0.3 is 5.11 Å². The van der Waals surface area contributed by atoms with Crippen molar-refractivity contribution >= 4 is 21.6 Å². The smallest absolute Gasteiger partial charge is 0.240 e. The first-order valence-electron chi connectivity index (χ1n) is 6.06. The van der Waals surface area contributed by atoms with Crippen molar-refractivity contribution in [1.82, 2.24) is 4.72 Å². The van der Waals surface area contributed by atoms with E-state index in [0.29, 0.717) is 16.1 Å². The molecule has 21 heavy (non-hydrogen) atoms. The molecule has 0 unspecified atom stereocenters. The molecule has 2 aromatic rings. The number of halogens is 2. The molecule has 0 fully saturated rings. The van der Waals surface area contributed by atoms with Crippen LogP contribution in [0.4, 0.5) is 4.39 Å². The molecule has 0 spiro atoms. The second kappa shape index (κ2) is 6.53. The first-order valence-corrected chi connectivity index (χ1v) is 7.92. The van der Waals surface area contributed by atoms with Crippen LogP contribution in [0.5, 0.6) is 0 Å². The molecule has 0 atom stereocenters. The van der Waals surface area contributed by atoms with E-state index in [0.717, 1.165) is 0 Å². The molecular weight excluding hydrogens is 317 g/mol. The Morgan fingerprint density at radius 2 is 1.95 bits per heavy atom. The molecule has 0 amide bonds. The fraction of sp³-hybridized carbons (Fsp3) is 0.143. The van der Waals surface area contributed by atoms with Crippen molar-refractivity contribution in [3.8, 4) is 0 Å². The zero-order chi connectivity index (χ0) is 15.5. The minimum absolute atomic E-state index is 0.00708. The van der Waals surface area contributed by atoms with Crippen LogP contribution in [0.2, 0.25) is 5.02 Å². The van der Waals surface area contributed by atoms with E-state index in [4.69, 9.17) is 16.7 Å². The summed E-state index contributed by atoms with van der Waals surface area (Å²) >= 11 is 5.82.